The summed E-state index contributed by atoms with van der Waals surface area (Å²) in [6.07, 6.45) is 1.74. The predicted octanol–water partition coefficient (Wildman–Crippen LogP) is 1.99. The zero-order valence-electron chi connectivity index (χ0n) is 10.1. The molecule has 0 N–H and O–H groups in total. The number of hydrazone groups is 1. The van der Waals surface area contributed by atoms with Crippen LogP contribution in [0.3, 0.4) is 0 Å². The van der Waals surface area contributed by atoms with Crippen LogP contribution in [0.4, 0.5) is 0 Å². The van der Waals surface area contributed by atoms with Crippen molar-refractivity contribution in [1.29, 1.82) is 0 Å². The summed E-state index contributed by atoms with van der Waals surface area (Å²) >= 11 is 3.09. The molecule has 0 aromatic heterocycles. The summed E-state index contributed by atoms with van der Waals surface area (Å²) in [5, 5.41) is 6.34. The lowest BCUT2D eigenvalue weighted by Gasteiger charge is -2.06. The fourth-order valence-corrected chi connectivity index (χ4v) is 3.82. The van der Waals surface area contributed by atoms with Crippen molar-refractivity contribution in [2.45, 2.75) is 4.71 Å². The Kier molecular flexibility index (Phi) is 3.48. The van der Waals surface area contributed by atoms with E-state index in [1.165, 1.54) is 16.8 Å². The molecule has 5 nitrogen and oxygen atoms in total. The number of benzene rings is 1. The van der Waals surface area contributed by atoms with E-state index in [1.54, 1.807) is 25.1 Å². The normalized spacial score (nSPS) is 21.9. The minimum Gasteiger partial charge on any atom is -0.497 e. The minimum absolute atomic E-state index is 0.0529. The van der Waals surface area contributed by atoms with Gasteiger partial charge in [0.25, 0.3) is 5.91 Å². The van der Waals surface area contributed by atoms with Gasteiger partial charge in [-0.25, -0.2) is 10.0 Å². The molecule has 2 aliphatic heterocycles. The van der Waals surface area contributed by atoms with Crippen molar-refractivity contribution >= 4 is 40.8 Å². The van der Waals surface area contributed by atoms with Crippen LogP contribution in [0, 0.1) is 0 Å². The summed E-state index contributed by atoms with van der Waals surface area (Å²) in [5.41, 5.74) is 0.968. The molecule has 0 radical (unpaired) electrons. The summed E-state index contributed by atoms with van der Waals surface area (Å²) in [4.78, 5) is 15.8. The number of thioether (sulfide) groups is 2. The number of aliphatic imine (C=N–C) groups is 1. The Labute approximate surface area is 119 Å². The van der Waals surface area contributed by atoms with E-state index < -0.39 is 0 Å². The Morgan fingerprint density at radius 2 is 2.26 bits per heavy atom. The van der Waals surface area contributed by atoms with E-state index in [0.717, 1.165) is 11.3 Å². The maximum Gasteiger partial charge on any atom is 0.254 e. The molecule has 1 atom stereocenters. The Morgan fingerprint density at radius 3 is 2.95 bits per heavy atom. The van der Waals surface area contributed by atoms with Crippen LogP contribution in [0.15, 0.2) is 34.4 Å². The van der Waals surface area contributed by atoms with Gasteiger partial charge in [0.15, 0.2) is 4.71 Å². The van der Waals surface area contributed by atoms with Crippen molar-refractivity contribution in [2.75, 3.05) is 12.9 Å². The van der Waals surface area contributed by atoms with Gasteiger partial charge in [-0.15, -0.1) is 16.9 Å². The number of ether oxygens (including phenoxy) is 1. The molecule has 7 heteroatoms. The van der Waals surface area contributed by atoms with E-state index in [0.29, 0.717) is 10.9 Å². The molecule has 1 fully saturated rings. The van der Waals surface area contributed by atoms with Gasteiger partial charge in [0.2, 0.25) is 5.17 Å². The minimum atomic E-state index is 0.0529. The molecule has 1 unspecified atom stereocenters. The fraction of sp³-hybridized carbons (Fsp3) is 0.250. The molecule has 1 amide bonds. The molecule has 0 spiro atoms. The van der Waals surface area contributed by atoms with Crippen LogP contribution in [-0.2, 0) is 4.79 Å². The van der Waals surface area contributed by atoms with E-state index in [2.05, 4.69) is 10.1 Å². The quantitative estimate of drug-likeness (QED) is 0.783. The number of methoxy groups -OCH3 is 1. The smallest absolute Gasteiger partial charge is 0.254 e. The van der Waals surface area contributed by atoms with Crippen molar-refractivity contribution < 1.29 is 9.53 Å². The molecule has 3 rings (SSSR count). The van der Waals surface area contributed by atoms with Crippen LogP contribution in [-0.4, -0.2) is 39.9 Å². The second-order valence-electron chi connectivity index (χ2n) is 3.89. The molecule has 2 aliphatic rings. The third kappa shape index (κ3) is 2.62. The van der Waals surface area contributed by atoms with Gasteiger partial charge >= 0.3 is 0 Å². The SMILES string of the molecule is COc1ccc(/C=N/C2=NN3C(=O)CSC3S2)cc1. The fourth-order valence-electron chi connectivity index (χ4n) is 1.67. The van der Waals surface area contributed by atoms with E-state index in [9.17, 15) is 4.79 Å². The van der Waals surface area contributed by atoms with Crippen LogP contribution >= 0.6 is 23.5 Å². The monoisotopic (exact) mass is 293 g/mol. The Hall–Kier alpha value is -1.47. The number of amides is 1. The van der Waals surface area contributed by atoms with E-state index in [4.69, 9.17) is 4.74 Å². The highest BCUT2D eigenvalue weighted by Crippen LogP contribution is 2.39. The Balaban J connectivity index is 1.69. The molecular formula is C12H11N3O2S2. The van der Waals surface area contributed by atoms with Gasteiger partial charge in [-0.2, -0.15) is 0 Å². The molecule has 98 valence electrons. The highest BCUT2D eigenvalue weighted by Gasteiger charge is 2.38. The first kappa shape index (κ1) is 12.6. The van der Waals surface area contributed by atoms with Crippen LogP contribution in [0.1, 0.15) is 5.56 Å². The molecule has 2 heterocycles. The first-order valence-corrected chi connectivity index (χ1v) is 7.56. The molecule has 0 bridgehead atoms. The first-order chi connectivity index (χ1) is 9.26. The number of hydrogen-bond donors (Lipinski definition) is 0. The number of carbonyl (C=O) groups is 1. The first-order valence-electron chi connectivity index (χ1n) is 5.63. The largest absolute Gasteiger partial charge is 0.497 e. The van der Waals surface area contributed by atoms with Gasteiger partial charge in [0, 0.05) is 6.21 Å². The Morgan fingerprint density at radius 1 is 1.47 bits per heavy atom. The van der Waals surface area contributed by atoms with Gasteiger partial charge in [0.1, 0.15) is 5.75 Å². The number of fused-ring (bicyclic) bond motifs is 1. The topological polar surface area (TPSA) is 54.3 Å². The lowest BCUT2D eigenvalue weighted by Crippen LogP contribution is -2.21. The van der Waals surface area contributed by atoms with Gasteiger partial charge in [0.05, 0.1) is 12.9 Å². The molecule has 19 heavy (non-hydrogen) atoms. The zero-order valence-corrected chi connectivity index (χ0v) is 11.8. The Bertz CT molecular complexity index is 557. The van der Waals surface area contributed by atoms with Crippen molar-refractivity contribution in [1.82, 2.24) is 5.01 Å². The van der Waals surface area contributed by atoms with Gasteiger partial charge < -0.3 is 4.74 Å². The molecule has 0 saturated carbocycles. The lowest BCUT2D eigenvalue weighted by atomic mass is 10.2. The maximum atomic E-state index is 11.5. The van der Waals surface area contributed by atoms with Gasteiger partial charge in [-0.3, -0.25) is 4.79 Å². The van der Waals surface area contributed by atoms with Crippen molar-refractivity contribution in [2.24, 2.45) is 10.1 Å². The predicted molar refractivity (Wildman–Crippen MR) is 78.7 cm³/mol. The van der Waals surface area contributed by atoms with Gasteiger partial charge in [-0.1, -0.05) is 0 Å². The lowest BCUT2D eigenvalue weighted by molar-refractivity contribution is -0.126. The second-order valence-corrected chi connectivity index (χ2v) is 6.30. The number of rotatable bonds is 2. The van der Waals surface area contributed by atoms with Crippen molar-refractivity contribution in [3.8, 4) is 5.75 Å². The van der Waals surface area contributed by atoms with E-state index in [-0.39, 0.29) is 10.6 Å². The summed E-state index contributed by atoms with van der Waals surface area (Å²) in [5.74, 6) is 1.38. The van der Waals surface area contributed by atoms with Crippen LogP contribution in [0.2, 0.25) is 0 Å². The van der Waals surface area contributed by atoms with Gasteiger partial charge in [-0.05, 0) is 41.6 Å². The summed E-state index contributed by atoms with van der Waals surface area (Å²) < 4.78 is 5.16. The van der Waals surface area contributed by atoms with E-state index in [1.807, 2.05) is 24.3 Å². The number of hydrogen-bond acceptors (Lipinski definition) is 6. The number of amidine groups is 1. The molecule has 0 aliphatic carbocycles. The van der Waals surface area contributed by atoms with Crippen molar-refractivity contribution in [3.63, 3.8) is 0 Å². The molecule has 1 aromatic rings. The summed E-state index contributed by atoms with van der Waals surface area (Å²) in [6.45, 7) is 0. The highest BCUT2D eigenvalue weighted by molar-refractivity contribution is 8.25. The molecule has 1 aromatic carbocycles. The van der Waals surface area contributed by atoms with Crippen LogP contribution in [0.25, 0.3) is 0 Å². The van der Waals surface area contributed by atoms with Crippen LogP contribution < -0.4 is 4.74 Å². The summed E-state index contributed by atoms with van der Waals surface area (Å²) in [7, 11) is 1.63. The summed E-state index contributed by atoms with van der Waals surface area (Å²) in [6, 6.07) is 7.60. The molecule has 1 saturated heterocycles. The maximum absolute atomic E-state index is 11.5. The average Bonchev–Trinajstić information content (AvgIpc) is 2.99. The standard InChI is InChI=1S/C12H11N3O2S2/c1-17-9-4-2-8(3-5-9)6-13-11-14-15-10(16)7-18-12(15)19-11/h2-6,12H,7H2,1H3/b13-6+. The third-order valence-corrected chi connectivity index (χ3v) is 5.04. The van der Waals surface area contributed by atoms with Crippen molar-refractivity contribution in [3.05, 3.63) is 29.8 Å². The highest BCUT2D eigenvalue weighted by atomic mass is 32.2. The van der Waals surface area contributed by atoms with E-state index >= 15 is 0 Å². The average molecular weight is 293 g/mol. The third-order valence-electron chi connectivity index (χ3n) is 2.64. The number of nitrogens with zero attached hydrogens (tertiary/aromatic N) is 3. The second kappa shape index (κ2) is 5.26. The number of carbonyl (C=O) groups excluding carboxylic acids is 1. The molecular weight excluding hydrogens is 282 g/mol. The van der Waals surface area contributed by atoms with Crippen LogP contribution in [0.5, 0.6) is 5.75 Å². The zero-order chi connectivity index (χ0) is 13.2.